The van der Waals surface area contributed by atoms with Crippen LogP contribution in [0.5, 0.6) is 0 Å². The Labute approximate surface area is 71.5 Å². The number of nitrogens with zero attached hydrogens (tertiary/aromatic N) is 2. The van der Waals surface area contributed by atoms with E-state index in [-0.39, 0.29) is 18.2 Å². The first-order chi connectivity index (χ1) is 4.72. The van der Waals surface area contributed by atoms with Gasteiger partial charge in [-0.25, -0.2) is 9.37 Å². The number of halogens is 2. The van der Waals surface area contributed by atoms with Gasteiger partial charge in [-0.3, -0.25) is 0 Å². The van der Waals surface area contributed by atoms with Crippen molar-refractivity contribution in [2.75, 3.05) is 19.0 Å². The van der Waals surface area contributed by atoms with Gasteiger partial charge in [-0.1, -0.05) is 0 Å². The molecule has 0 aliphatic rings. The topological polar surface area (TPSA) is 16.1 Å². The lowest BCUT2D eigenvalue weighted by Crippen LogP contribution is -2.12. The van der Waals surface area contributed by atoms with Crippen LogP contribution in [0.3, 0.4) is 0 Å². The largest absolute Gasteiger partial charge is 0.360 e. The molecule has 1 heterocycles. The number of hydrogen-bond acceptors (Lipinski definition) is 2. The van der Waals surface area contributed by atoms with Crippen molar-refractivity contribution in [1.82, 2.24) is 4.98 Å². The molecule has 0 saturated heterocycles. The van der Waals surface area contributed by atoms with Crippen molar-refractivity contribution in [3.05, 3.63) is 24.1 Å². The summed E-state index contributed by atoms with van der Waals surface area (Å²) in [6, 6.07) is 2.96. The predicted octanol–water partition coefficient (Wildman–Crippen LogP) is 1.71. The maximum atomic E-state index is 12.7. The first-order valence-electron chi connectivity index (χ1n) is 2.99. The van der Waals surface area contributed by atoms with Crippen molar-refractivity contribution in [3.63, 3.8) is 0 Å². The van der Waals surface area contributed by atoms with Crippen LogP contribution in [0.4, 0.5) is 10.2 Å². The molecular weight excluding hydrogens is 167 g/mol. The van der Waals surface area contributed by atoms with Crippen LogP contribution in [-0.4, -0.2) is 19.1 Å². The van der Waals surface area contributed by atoms with Gasteiger partial charge < -0.3 is 4.90 Å². The first kappa shape index (κ1) is 10.2. The molecule has 0 radical (unpaired) electrons. The van der Waals surface area contributed by atoms with E-state index in [0.717, 1.165) is 0 Å². The lowest BCUT2D eigenvalue weighted by Gasteiger charge is -2.10. The molecule has 0 fully saturated rings. The van der Waals surface area contributed by atoms with Crippen molar-refractivity contribution < 1.29 is 4.39 Å². The van der Waals surface area contributed by atoms with Gasteiger partial charge in [-0.15, -0.1) is 12.4 Å². The minimum absolute atomic E-state index is 0. The molecule has 1 rings (SSSR count). The van der Waals surface area contributed by atoms with Gasteiger partial charge >= 0.3 is 0 Å². The number of rotatable bonds is 1. The quantitative estimate of drug-likeness (QED) is 0.648. The molecule has 0 spiro atoms. The molecule has 0 aliphatic heterocycles. The fourth-order valence-corrected chi connectivity index (χ4v) is 0.706. The third-order valence-corrected chi connectivity index (χ3v) is 1.16. The molecule has 0 aromatic carbocycles. The average Bonchev–Trinajstić information content (AvgIpc) is 1.88. The van der Waals surface area contributed by atoms with Gasteiger partial charge in [0.05, 0.1) is 0 Å². The maximum Gasteiger partial charge on any atom is 0.165 e. The standard InChI is InChI=1S/C7H9FN2.ClH/c1-10(2)7-6(8)4-3-5-9-7;/h3-5H,1-2H3;1H. The molecular formula is C7H10ClFN2. The van der Waals surface area contributed by atoms with Gasteiger partial charge in [-0.05, 0) is 12.1 Å². The Kier molecular flexibility index (Phi) is 3.82. The van der Waals surface area contributed by atoms with Gasteiger partial charge in [0.15, 0.2) is 11.6 Å². The Balaban J connectivity index is 0.000001000. The Hall–Kier alpha value is -0.830. The Morgan fingerprint density at radius 1 is 1.45 bits per heavy atom. The van der Waals surface area contributed by atoms with Crippen LogP contribution in [0.15, 0.2) is 18.3 Å². The lowest BCUT2D eigenvalue weighted by molar-refractivity contribution is 0.619. The fraction of sp³-hybridized carbons (Fsp3) is 0.286. The van der Waals surface area contributed by atoms with Crippen molar-refractivity contribution in [2.45, 2.75) is 0 Å². The summed E-state index contributed by atoms with van der Waals surface area (Å²) in [5.41, 5.74) is 0. The van der Waals surface area contributed by atoms with E-state index in [2.05, 4.69) is 4.98 Å². The summed E-state index contributed by atoms with van der Waals surface area (Å²) < 4.78 is 12.7. The zero-order chi connectivity index (χ0) is 7.56. The van der Waals surface area contributed by atoms with E-state index in [9.17, 15) is 4.39 Å². The minimum atomic E-state index is -0.285. The smallest absolute Gasteiger partial charge is 0.165 e. The number of hydrogen-bond donors (Lipinski definition) is 0. The summed E-state index contributed by atoms with van der Waals surface area (Å²) >= 11 is 0. The third kappa shape index (κ3) is 2.35. The highest BCUT2D eigenvalue weighted by atomic mass is 35.5. The molecule has 0 N–H and O–H groups in total. The van der Waals surface area contributed by atoms with Crippen LogP contribution < -0.4 is 4.90 Å². The summed E-state index contributed by atoms with van der Waals surface area (Å²) in [7, 11) is 3.51. The molecule has 0 amide bonds. The van der Waals surface area contributed by atoms with E-state index in [1.807, 2.05) is 0 Å². The number of aromatic nitrogens is 1. The van der Waals surface area contributed by atoms with E-state index >= 15 is 0 Å². The molecule has 0 saturated carbocycles. The second kappa shape index (κ2) is 4.13. The van der Waals surface area contributed by atoms with Crippen LogP contribution in [-0.2, 0) is 0 Å². The Bertz CT molecular complexity index is 227. The number of pyridine rings is 1. The summed E-state index contributed by atoms with van der Waals surface area (Å²) in [6.45, 7) is 0. The highest BCUT2D eigenvalue weighted by molar-refractivity contribution is 5.85. The molecule has 0 unspecified atom stereocenters. The van der Waals surface area contributed by atoms with Crippen LogP contribution in [0.2, 0.25) is 0 Å². The lowest BCUT2D eigenvalue weighted by atomic mass is 10.4. The monoisotopic (exact) mass is 176 g/mol. The molecule has 4 heteroatoms. The third-order valence-electron chi connectivity index (χ3n) is 1.16. The predicted molar refractivity (Wildman–Crippen MR) is 45.8 cm³/mol. The summed E-state index contributed by atoms with van der Waals surface area (Å²) in [5.74, 6) is 0.0926. The molecule has 0 bridgehead atoms. The van der Waals surface area contributed by atoms with Crippen molar-refractivity contribution in [2.24, 2.45) is 0 Å². The van der Waals surface area contributed by atoms with Gasteiger partial charge in [0.1, 0.15) is 0 Å². The molecule has 0 aliphatic carbocycles. The molecule has 1 aromatic rings. The summed E-state index contributed by atoms with van der Waals surface area (Å²) in [5, 5.41) is 0. The molecule has 11 heavy (non-hydrogen) atoms. The molecule has 2 nitrogen and oxygen atoms in total. The van der Waals surface area contributed by atoms with E-state index in [0.29, 0.717) is 5.82 Å². The van der Waals surface area contributed by atoms with Crippen LogP contribution in [0.1, 0.15) is 0 Å². The Morgan fingerprint density at radius 3 is 2.45 bits per heavy atom. The zero-order valence-electron chi connectivity index (χ0n) is 6.41. The fourth-order valence-electron chi connectivity index (χ4n) is 0.706. The van der Waals surface area contributed by atoms with E-state index in [1.165, 1.54) is 6.07 Å². The van der Waals surface area contributed by atoms with Crippen LogP contribution in [0, 0.1) is 5.82 Å². The average molecular weight is 177 g/mol. The van der Waals surface area contributed by atoms with E-state index in [1.54, 1.807) is 31.3 Å². The summed E-state index contributed by atoms with van der Waals surface area (Å²) in [6.07, 6.45) is 1.57. The van der Waals surface area contributed by atoms with Gasteiger partial charge in [0, 0.05) is 20.3 Å². The SMILES string of the molecule is CN(C)c1ncccc1F.Cl. The molecule has 0 atom stereocenters. The van der Waals surface area contributed by atoms with Crippen LogP contribution in [0.25, 0.3) is 0 Å². The molecule has 1 aromatic heterocycles. The van der Waals surface area contributed by atoms with Gasteiger partial charge in [-0.2, -0.15) is 0 Å². The van der Waals surface area contributed by atoms with E-state index < -0.39 is 0 Å². The summed E-state index contributed by atoms with van der Waals surface area (Å²) in [4.78, 5) is 5.46. The van der Waals surface area contributed by atoms with Crippen LogP contribution >= 0.6 is 12.4 Å². The highest BCUT2D eigenvalue weighted by Crippen LogP contribution is 2.10. The minimum Gasteiger partial charge on any atom is -0.360 e. The molecule has 62 valence electrons. The van der Waals surface area contributed by atoms with Crippen molar-refractivity contribution in [3.8, 4) is 0 Å². The Morgan fingerprint density at radius 2 is 2.09 bits per heavy atom. The van der Waals surface area contributed by atoms with E-state index in [4.69, 9.17) is 0 Å². The maximum absolute atomic E-state index is 12.7. The van der Waals surface area contributed by atoms with Gasteiger partial charge in [0.25, 0.3) is 0 Å². The van der Waals surface area contributed by atoms with Gasteiger partial charge in [0.2, 0.25) is 0 Å². The second-order valence-corrected chi connectivity index (χ2v) is 2.20. The normalized spacial score (nSPS) is 8.64. The number of anilines is 1. The first-order valence-corrected chi connectivity index (χ1v) is 2.99. The van der Waals surface area contributed by atoms with Crippen molar-refractivity contribution >= 4 is 18.2 Å². The highest BCUT2D eigenvalue weighted by Gasteiger charge is 2.01. The zero-order valence-corrected chi connectivity index (χ0v) is 7.23. The second-order valence-electron chi connectivity index (χ2n) is 2.20. The van der Waals surface area contributed by atoms with Crippen molar-refractivity contribution in [1.29, 1.82) is 0 Å².